The summed E-state index contributed by atoms with van der Waals surface area (Å²) in [7, 11) is 1.58. The number of hydrogen-bond acceptors (Lipinski definition) is 5. The predicted octanol–water partition coefficient (Wildman–Crippen LogP) is 1.89. The topological polar surface area (TPSA) is 74.8 Å². The molecule has 1 N–H and O–H groups in total. The zero-order valence-corrected chi connectivity index (χ0v) is 14.8. The van der Waals surface area contributed by atoms with Crippen molar-refractivity contribution in [3.8, 4) is 0 Å². The minimum Gasteiger partial charge on any atom is -0.444 e. The van der Waals surface area contributed by atoms with Gasteiger partial charge >= 0.3 is 6.09 Å². The first kappa shape index (κ1) is 18.0. The first-order valence-electron chi connectivity index (χ1n) is 8.21. The van der Waals surface area contributed by atoms with Gasteiger partial charge in [-0.1, -0.05) is 0 Å². The van der Waals surface area contributed by atoms with Crippen LogP contribution < -0.4 is 10.2 Å². The van der Waals surface area contributed by atoms with Crippen LogP contribution in [-0.2, 0) is 4.74 Å². The van der Waals surface area contributed by atoms with Gasteiger partial charge in [0.25, 0.3) is 5.91 Å². The second-order valence-electron chi connectivity index (χ2n) is 6.79. The fourth-order valence-electron chi connectivity index (χ4n) is 2.52. The fraction of sp³-hybridized carbons (Fsp3) is 0.588. The molecule has 0 aliphatic carbocycles. The number of ether oxygens (including phenoxy) is 1. The average molecular weight is 334 g/mol. The summed E-state index contributed by atoms with van der Waals surface area (Å²) in [6, 6.07) is 3.60. The normalized spacial score (nSPS) is 15.7. The zero-order valence-electron chi connectivity index (χ0n) is 14.8. The highest BCUT2D eigenvalue weighted by molar-refractivity contribution is 5.92. The van der Waals surface area contributed by atoms with E-state index >= 15 is 0 Å². The molecule has 7 nitrogen and oxygen atoms in total. The number of anilines is 1. The van der Waals surface area contributed by atoms with Crippen molar-refractivity contribution in [1.82, 2.24) is 15.2 Å². The van der Waals surface area contributed by atoms with Crippen molar-refractivity contribution in [2.45, 2.75) is 32.8 Å². The highest BCUT2D eigenvalue weighted by Gasteiger charge is 2.24. The zero-order chi connectivity index (χ0) is 17.7. The number of nitrogens with zero attached hydrogens (tertiary/aromatic N) is 3. The summed E-state index contributed by atoms with van der Waals surface area (Å²) in [5.74, 6) is -0.200. The molecule has 0 radical (unpaired) electrons. The number of hydrogen-bond donors (Lipinski definition) is 1. The Labute approximate surface area is 143 Å². The second kappa shape index (κ2) is 7.51. The minimum atomic E-state index is -0.483. The van der Waals surface area contributed by atoms with Gasteiger partial charge in [-0.2, -0.15) is 0 Å². The number of nitrogens with one attached hydrogen (secondary N) is 1. The van der Waals surface area contributed by atoms with Crippen molar-refractivity contribution in [3.05, 3.63) is 24.0 Å². The van der Waals surface area contributed by atoms with Crippen LogP contribution in [0, 0.1) is 0 Å². The summed E-state index contributed by atoms with van der Waals surface area (Å²) >= 11 is 0. The van der Waals surface area contributed by atoms with E-state index in [4.69, 9.17) is 4.74 Å². The molecule has 1 saturated heterocycles. The van der Waals surface area contributed by atoms with Crippen molar-refractivity contribution >= 4 is 17.7 Å². The van der Waals surface area contributed by atoms with E-state index in [1.165, 1.54) is 0 Å². The van der Waals surface area contributed by atoms with Crippen LogP contribution in [0.25, 0.3) is 0 Å². The van der Waals surface area contributed by atoms with Crippen LogP contribution in [-0.4, -0.2) is 60.7 Å². The Hall–Kier alpha value is -2.31. The molecule has 1 aliphatic rings. The molecule has 1 aromatic heterocycles. The van der Waals surface area contributed by atoms with Gasteiger partial charge in [0.1, 0.15) is 11.3 Å². The first-order chi connectivity index (χ1) is 11.3. The highest BCUT2D eigenvalue weighted by Crippen LogP contribution is 2.17. The maximum atomic E-state index is 12.2. The molecule has 0 bridgehead atoms. The molecular weight excluding hydrogens is 308 g/mol. The molecule has 1 aliphatic heterocycles. The molecule has 0 unspecified atom stereocenters. The van der Waals surface area contributed by atoms with Crippen LogP contribution in [0.1, 0.15) is 37.7 Å². The number of rotatable bonds is 2. The third-order valence-electron chi connectivity index (χ3n) is 3.72. The van der Waals surface area contributed by atoms with E-state index in [2.05, 4.69) is 15.2 Å². The number of pyridine rings is 1. The molecule has 2 amide bonds. The third kappa shape index (κ3) is 4.84. The second-order valence-corrected chi connectivity index (χ2v) is 6.79. The molecule has 0 aromatic carbocycles. The van der Waals surface area contributed by atoms with Gasteiger partial charge in [-0.3, -0.25) is 4.79 Å². The molecule has 2 rings (SSSR count). The van der Waals surface area contributed by atoms with Gasteiger partial charge in [0.2, 0.25) is 0 Å². The van der Waals surface area contributed by atoms with Gasteiger partial charge in [-0.05, 0) is 39.3 Å². The molecule has 24 heavy (non-hydrogen) atoms. The van der Waals surface area contributed by atoms with E-state index in [1.54, 1.807) is 24.2 Å². The van der Waals surface area contributed by atoms with E-state index in [0.717, 1.165) is 18.7 Å². The summed E-state index contributed by atoms with van der Waals surface area (Å²) in [5.41, 5.74) is 0.864. The summed E-state index contributed by atoms with van der Waals surface area (Å²) in [6.07, 6.45) is 2.29. The number of carbonyl (C=O) groups excluding carboxylic acids is 2. The van der Waals surface area contributed by atoms with E-state index in [-0.39, 0.29) is 12.0 Å². The lowest BCUT2D eigenvalue weighted by atomic mass is 10.2. The van der Waals surface area contributed by atoms with Gasteiger partial charge in [0, 0.05) is 33.2 Å². The standard InChI is InChI=1S/C17H26N4O3/c1-17(2,3)24-16(23)21-9-5-8-20(10-11-21)13-6-7-14(19-12-13)15(22)18-4/h6-7,12H,5,8-11H2,1-4H3,(H,18,22). The summed E-state index contributed by atoms with van der Waals surface area (Å²) in [4.78, 5) is 31.9. The Morgan fingerprint density at radius 2 is 1.92 bits per heavy atom. The number of aromatic nitrogens is 1. The Morgan fingerprint density at radius 1 is 1.17 bits per heavy atom. The van der Waals surface area contributed by atoms with Crippen LogP contribution >= 0.6 is 0 Å². The summed E-state index contributed by atoms with van der Waals surface area (Å²) < 4.78 is 5.44. The van der Waals surface area contributed by atoms with Crippen LogP contribution in [0.3, 0.4) is 0 Å². The quantitative estimate of drug-likeness (QED) is 0.894. The van der Waals surface area contributed by atoms with E-state index in [1.807, 2.05) is 26.8 Å². The molecule has 2 heterocycles. The lowest BCUT2D eigenvalue weighted by Gasteiger charge is -2.26. The SMILES string of the molecule is CNC(=O)c1ccc(N2CCCN(C(=O)OC(C)(C)C)CC2)cn1. The smallest absolute Gasteiger partial charge is 0.410 e. The Balaban J connectivity index is 1.98. The van der Waals surface area contributed by atoms with Crippen LogP contribution in [0.2, 0.25) is 0 Å². The largest absolute Gasteiger partial charge is 0.444 e. The van der Waals surface area contributed by atoms with Gasteiger partial charge in [-0.15, -0.1) is 0 Å². The Kier molecular flexibility index (Phi) is 5.64. The highest BCUT2D eigenvalue weighted by atomic mass is 16.6. The van der Waals surface area contributed by atoms with Crippen molar-refractivity contribution in [1.29, 1.82) is 0 Å². The van der Waals surface area contributed by atoms with Crippen molar-refractivity contribution in [2.24, 2.45) is 0 Å². The van der Waals surface area contributed by atoms with Crippen molar-refractivity contribution in [3.63, 3.8) is 0 Å². The van der Waals surface area contributed by atoms with Gasteiger partial charge in [-0.25, -0.2) is 9.78 Å². The minimum absolute atomic E-state index is 0.200. The third-order valence-corrected chi connectivity index (χ3v) is 3.72. The lowest BCUT2D eigenvalue weighted by molar-refractivity contribution is 0.0263. The molecule has 1 aromatic rings. The molecule has 0 atom stereocenters. The maximum Gasteiger partial charge on any atom is 0.410 e. The Bertz CT molecular complexity index is 580. The fourth-order valence-corrected chi connectivity index (χ4v) is 2.52. The molecule has 132 valence electrons. The molecular formula is C17H26N4O3. The Morgan fingerprint density at radius 3 is 2.50 bits per heavy atom. The van der Waals surface area contributed by atoms with Crippen LogP contribution in [0.4, 0.5) is 10.5 Å². The summed E-state index contributed by atoms with van der Waals surface area (Å²) in [6.45, 7) is 8.43. The molecule has 7 heteroatoms. The molecule has 0 saturated carbocycles. The van der Waals surface area contributed by atoms with Crippen LogP contribution in [0.5, 0.6) is 0 Å². The monoisotopic (exact) mass is 334 g/mol. The van der Waals surface area contributed by atoms with Crippen molar-refractivity contribution in [2.75, 3.05) is 38.1 Å². The maximum absolute atomic E-state index is 12.2. The first-order valence-corrected chi connectivity index (χ1v) is 8.21. The average Bonchev–Trinajstić information content (AvgIpc) is 2.79. The van der Waals surface area contributed by atoms with E-state index in [9.17, 15) is 9.59 Å². The van der Waals surface area contributed by atoms with Gasteiger partial charge < -0.3 is 19.9 Å². The number of carbonyl (C=O) groups is 2. The van der Waals surface area contributed by atoms with E-state index in [0.29, 0.717) is 25.3 Å². The molecule has 1 fully saturated rings. The van der Waals surface area contributed by atoms with Crippen molar-refractivity contribution < 1.29 is 14.3 Å². The van der Waals surface area contributed by atoms with Gasteiger partial charge in [0.05, 0.1) is 11.9 Å². The predicted molar refractivity (Wildman–Crippen MR) is 92.3 cm³/mol. The van der Waals surface area contributed by atoms with Crippen LogP contribution in [0.15, 0.2) is 18.3 Å². The summed E-state index contributed by atoms with van der Waals surface area (Å²) in [5, 5.41) is 2.55. The van der Waals surface area contributed by atoms with E-state index < -0.39 is 5.60 Å². The van der Waals surface area contributed by atoms with Gasteiger partial charge in [0.15, 0.2) is 0 Å². The lowest BCUT2D eigenvalue weighted by Crippen LogP contribution is -2.39. The molecule has 0 spiro atoms. The number of amides is 2.